The van der Waals surface area contributed by atoms with Crippen LogP contribution in [0.2, 0.25) is 0 Å². The molecule has 0 amide bonds. The highest BCUT2D eigenvalue weighted by atomic mass is 32.2. The van der Waals surface area contributed by atoms with E-state index in [1.807, 2.05) is 0 Å². The van der Waals surface area contributed by atoms with Gasteiger partial charge in [-0.3, -0.25) is 0 Å². The van der Waals surface area contributed by atoms with E-state index in [2.05, 4.69) is 42.8 Å². The molecule has 0 radical (unpaired) electrons. The molecule has 0 aliphatic rings. The summed E-state index contributed by atoms with van der Waals surface area (Å²) in [5, 5.41) is 0. The van der Waals surface area contributed by atoms with Gasteiger partial charge in [-0.15, -0.1) is 0 Å². The molecule has 16 heavy (non-hydrogen) atoms. The minimum absolute atomic E-state index is 0.604. The third-order valence-corrected chi connectivity index (χ3v) is 1.92. The normalized spacial score (nSPS) is 10.5. The zero-order valence-electron chi connectivity index (χ0n) is 10.0. The van der Waals surface area contributed by atoms with Gasteiger partial charge in [0.15, 0.2) is 11.9 Å². The van der Waals surface area contributed by atoms with Crippen molar-refractivity contribution >= 4 is 10.1 Å². The molecule has 92 valence electrons. The number of rotatable bonds is 3. The molecule has 5 heteroatoms. The second-order valence-corrected chi connectivity index (χ2v) is 5.00. The van der Waals surface area contributed by atoms with E-state index in [1.165, 1.54) is 18.5 Å². The lowest BCUT2D eigenvalue weighted by molar-refractivity contribution is -0.703. The van der Waals surface area contributed by atoms with Crippen molar-refractivity contribution in [1.82, 2.24) is 0 Å². The number of aryl methyl sites for hydroxylation is 2. The van der Waals surface area contributed by atoms with Crippen molar-refractivity contribution < 1.29 is 17.5 Å². The van der Waals surface area contributed by atoms with Crippen LogP contribution in [0.5, 0.6) is 0 Å². The van der Waals surface area contributed by atoms with Gasteiger partial charge in [-0.2, -0.15) is 0 Å². The molecule has 1 aromatic rings. The maximum absolute atomic E-state index is 9.08. The summed E-state index contributed by atoms with van der Waals surface area (Å²) in [5.74, 6) is 0. The molecule has 0 aromatic carbocycles. The van der Waals surface area contributed by atoms with Gasteiger partial charge in [-0.25, -0.2) is 13.0 Å². The highest BCUT2D eigenvalue weighted by Gasteiger charge is 2.01. The number of pyridine rings is 1. The lowest BCUT2D eigenvalue weighted by atomic mass is 10.3. The number of unbranched alkanes of at least 4 members (excludes halogenated alkanes) is 1. The molecule has 0 spiro atoms. The van der Waals surface area contributed by atoms with Crippen LogP contribution in [-0.2, 0) is 16.7 Å². The maximum atomic E-state index is 9.08. The van der Waals surface area contributed by atoms with Gasteiger partial charge in [0.1, 0.15) is 6.54 Å². The van der Waals surface area contributed by atoms with E-state index in [-0.39, 0.29) is 0 Å². The van der Waals surface area contributed by atoms with E-state index < -0.39 is 10.1 Å². The molecule has 0 N–H and O–H groups in total. The second-order valence-electron chi connectivity index (χ2n) is 3.59. The first kappa shape index (κ1) is 15.1. The molecule has 0 saturated carbocycles. The maximum Gasteiger partial charge on any atom is 0.178 e. The van der Waals surface area contributed by atoms with Crippen LogP contribution < -0.4 is 4.57 Å². The molecule has 1 aromatic heterocycles. The molecular weight excluding hydrogens is 226 g/mol. The summed E-state index contributed by atoms with van der Waals surface area (Å²) < 4.78 is 29.5. The zero-order valence-corrected chi connectivity index (χ0v) is 10.8. The van der Waals surface area contributed by atoms with Gasteiger partial charge in [-0.1, -0.05) is 19.4 Å². The average Bonchev–Trinajstić information content (AvgIpc) is 2.14. The number of hydrogen-bond acceptors (Lipinski definition) is 3. The number of nitrogens with zero attached hydrogens (tertiary/aromatic N) is 1. The minimum Gasteiger partial charge on any atom is -0.748 e. The molecule has 0 aliphatic carbocycles. The zero-order chi connectivity index (χ0) is 12.6. The molecule has 4 nitrogen and oxygen atoms in total. The van der Waals surface area contributed by atoms with Crippen molar-refractivity contribution in [3.05, 3.63) is 30.1 Å². The Labute approximate surface area is 97.7 Å². The van der Waals surface area contributed by atoms with Crippen LogP contribution in [0.15, 0.2) is 24.4 Å². The van der Waals surface area contributed by atoms with Gasteiger partial charge in [0, 0.05) is 31.7 Å². The van der Waals surface area contributed by atoms with Crippen LogP contribution in [0.4, 0.5) is 0 Å². The predicted molar refractivity (Wildman–Crippen MR) is 61.9 cm³/mol. The van der Waals surface area contributed by atoms with Crippen LogP contribution in [0.1, 0.15) is 25.5 Å². The van der Waals surface area contributed by atoms with E-state index in [0.29, 0.717) is 6.26 Å². The first-order valence-electron chi connectivity index (χ1n) is 5.20. The van der Waals surface area contributed by atoms with Gasteiger partial charge in [0.2, 0.25) is 0 Å². The standard InChI is InChI=1S/C10H16N.CH4O3S/c1-3-4-8-11-9-6-5-7-10(11)2;1-5(2,3)4/h5-7,9H,3-4,8H2,1-2H3;1H3,(H,2,3,4)/q+1;/p-1. The topological polar surface area (TPSA) is 61.1 Å². The molecule has 0 fully saturated rings. The Kier molecular flexibility index (Phi) is 6.92. The fourth-order valence-corrected chi connectivity index (χ4v) is 1.14. The van der Waals surface area contributed by atoms with E-state index in [1.54, 1.807) is 0 Å². The Bertz CT molecular complexity index is 393. The van der Waals surface area contributed by atoms with Gasteiger partial charge >= 0.3 is 0 Å². The van der Waals surface area contributed by atoms with Crippen LogP contribution in [0.3, 0.4) is 0 Å². The SMILES string of the molecule is CCCC[n+]1ccccc1C.CS(=O)(=O)[O-]. The van der Waals surface area contributed by atoms with Crippen LogP contribution in [-0.4, -0.2) is 19.2 Å². The van der Waals surface area contributed by atoms with Gasteiger partial charge in [-0.05, 0) is 0 Å². The lowest BCUT2D eigenvalue weighted by Gasteiger charge is -1.97. The summed E-state index contributed by atoms with van der Waals surface area (Å²) in [6.07, 6.45) is 5.29. The number of hydrogen-bond donors (Lipinski definition) is 0. The quantitative estimate of drug-likeness (QED) is 0.594. The Balaban J connectivity index is 0.000000385. The summed E-state index contributed by atoms with van der Waals surface area (Å²) in [4.78, 5) is 0. The van der Waals surface area contributed by atoms with Crippen LogP contribution >= 0.6 is 0 Å². The highest BCUT2D eigenvalue weighted by Crippen LogP contribution is 1.91. The van der Waals surface area contributed by atoms with Crippen molar-refractivity contribution in [2.75, 3.05) is 6.26 Å². The van der Waals surface area contributed by atoms with Crippen molar-refractivity contribution in [3.8, 4) is 0 Å². The van der Waals surface area contributed by atoms with E-state index in [0.717, 1.165) is 6.54 Å². The largest absolute Gasteiger partial charge is 0.748 e. The summed E-state index contributed by atoms with van der Waals surface area (Å²) >= 11 is 0. The Hall–Kier alpha value is -0.940. The monoisotopic (exact) mass is 245 g/mol. The van der Waals surface area contributed by atoms with Crippen LogP contribution in [0, 0.1) is 6.92 Å². The summed E-state index contributed by atoms with van der Waals surface area (Å²) in [7, 11) is -3.92. The molecule has 1 heterocycles. The van der Waals surface area contributed by atoms with Crippen molar-refractivity contribution in [2.45, 2.75) is 33.2 Å². The summed E-state index contributed by atoms with van der Waals surface area (Å²) in [5.41, 5.74) is 1.35. The lowest BCUT2D eigenvalue weighted by Crippen LogP contribution is -2.36. The fourth-order valence-electron chi connectivity index (χ4n) is 1.14. The highest BCUT2D eigenvalue weighted by molar-refractivity contribution is 7.84. The first-order valence-corrected chi connectivity index (χ1v) is 7.02. The first-order chi connectivity index (χ1) is 7.34. The Morgan fingerprint density at radius 3 is 2.38 bits per heavy atom. The molecule has 0 unspecified atom stereocenters. The van der Waals surface area contributed by atoms with Crippen LogP contribution in [0.25, 0.3) is 0 Å². The number of aromatic nitrogens is 1. The molecule has 0 atom stereocenters. The van der Waals surface area contributed by atoms with Gasteiger partial charge in [0.25, 0.3) is 0 Å². The third kappa shape index (κ3) is 9.61. The predicted octanol–water partition coefficient (Wildman–Crippen LogP) is 1.24. The Morgan fingerprint density at radius 1 is 1.38 bits per heavy atom. The molecule has 1 rings (SSSR count). The van der Waals surface area contributed by atoms with E-state index in [9.17, 15) is 0 Å². The molecule has 0 bridgehead atoms. The van der Waals surface area contributed by atoms with Crippen molar-refractivity contribution in [2.24, 2.45) is 0 Å². The van der Waals surface area contributed by atoms with E-state index >= 15 is 0 Å². The average molecular weight is 245 g/mol. The molecular formula is C11H19NO3S. The molecule has 0 aliphatic heterocycles. The van der Waals surface area contributed by atoms with Gasteiger partial charge < -0.3 is 4.55 Å². The van der Waals surface area contributed by atoms with Crippen molar-refractivity contribution in [1.29, 1.82) is 0 Å². The third-order valence-electron chi connectivity index (χ3n) is 1.92. The summed E-state index contributed by atoms with van der Waals surface area (Å²) in [6.45, 7) is 5.53. The van der Waals surface area contributed by atoms with E-state index in [4.69, 9.17) is 13.0 Å². The van der Waals surface area contributed by atoms with Gasteiger partial charge in [0.05, 0.1) is 10.1 Å². The minimum atomic E-state index is -3.92. The second kappa shape index (κ2) is 7.35. The Morgan fingerprint density at radius 2 is 1.94 bits per heavy atom. The van der Waals surface area contributed by atoms with Crippen molar-refractivity contribution in [3.63, 3.8) is 0 Å². The smallest absolute Gasteiger partial charge is 0.178 e. The fraction of sp³-hybridized carbons (Fsp3) is 0.545. The summed E-state index contributed by atoms with van der Waals surface area (Å²) in [6, 6.07) is 6.32. The molecule has 0 saturated heterocycles.